The van der Waals surface area contributed by atoms with Gasteiger partial charge in [0.1, 0.15) is 0 Å². The molecule has 0 amide bonds. The lowest BCUT2D eigenvalue weighted by atomic mass is 9.70. The largest absolute Gasteiger partial charge is 0.396 e. The van der Waals surface area contributed by atoms with Gasteiger partial charge < -0.3 is 5.11 Å². The third-order valence-corrected chi connectivity index (χ3v) is 3.09. The van der Waals surface area contributed by atoms with Crippen molar-refractivity contribution in [3.63, 3.8) is 0 Å². The van der Waals surface area contributed by atoms with Crippen LogP contribution in [0.3, 0.4) is 0 Å². The summed E-state index contributed by atoms with van der Waals surface area (Å²) in [6.07, 6.45) is 7.74. The molecule has 1 aliphatic carbocycles. The second-order valence-corrected chi connectivity index (χ2v) is 4.82. The summed E-state index contributed by atoms with van der Waals surface area (Å²) in [5, 5.41) is 9.39. The number of hydrogen-bond donors (Lipinski definition) is 1. The van der Waals surface area contributed by atoms with Gasteiger partial charge in [-0.1, -0.05) is 33.1 Å². The van der Waals surface area contributed by atoms with Crippen LogP contribution in [0.2, 0.25) is 0 Å². The maximum atomic E-state index is 9.39. The first-order valence-electron chi connectivity index (χ1n) is 5.29. The van der Waals surface area contributed by atoms with Gasteiger partial charge in [0, 0.05) is 6.61 Å². The molecule has 0 unspecified atom stereocenters. The van der Waals surface area contributed by atoms with Crippen molar-refractivity contribution in [3.8, 4) is 0 Å². The molecule has 1 saturated carbocycles. The molecule has 0 spiro atoms. The Morgan fingerprint density at radius 3 is 2.17 bits per heavy atom. The van der Waals surface area contributed by atoms with Crippen molar-refractivity contribution in [2.75, 3.05) is 6.61 Å². The van der Waals surface area contributed by atoms with Gasteiger partial charge in [-0.25, -0.2) is 0 Å². The van der Waals surface area contributed by atoms with Crippen LogP contribution in [0.25, 0.3) is 0 Å². The van der Waals surface area contributed by atoms with E-state index in [-0.39, 0.29) is 0 Å². The molecule has 0 heterocycles. The smallest absolute Gasteiger partial charge is 0.0487 e. The summed E-state index contributed by atoms with van der Waals surface area (Å²) in [5.41, 5.74) is 0.298. The molecule has 1 N–H and O–H groups in total. The number of hydrogen-bond acceptors (Lipinski definition) is 1. The van der Waals surface area contributed by atoms with Gasteiger partial charge >= 0.3 is 0 Å². The van der Waals surface area contributed by atoms with Gasteiger partial charge in [-0.15, -0.1) is 0 Å². The van der Waals surface area contributed by atoms with Crippen molar-refractivity contribution in [1.29, 1.82) is 0 Å². The van der Waals surface area contributed by atoms with Crippen LogP contribution in [0.15, 0.2) is 0 Å². The van der Waals surface area contributed by atoms with Gasteiger partial charge in [-0.2, -0.15) is 0 Å². The fourth-order valence-electron chi connectivity index (χ4n) is 2.59. The van der Waals surface area contributed by atoms with Gasteiger partial charge in [0.2, 0.25) is 0 Å². The van der Waals surface area contributed by atoms with Crippen molar-refractivity contribution < 1.29 is 5.11 Å². The summed E-state index contributed by atoms with van der Waals surface area (Å²) < 4.78 is 0. The molecule has 0 radical (unpaired) electrons. The first kappa shape index (κ1) is 10.0. The zero-order valence-electron chi connectivity index (χ0n) is 8.47. The molecule has 1 aliphatic rings. The minimum absolute atomic E-state index is 0.298. The molecular weight excluding hydrogens is 148 g/mol. The Hall–Kier alpha value is -0.0400. The lowest BCUT2D eigenvalue weighted by molar-refractivity contribution is 0.0611. The van der Waals surface area contributed by atoms with E-state index >= 15 is 0 Å². The first-order chi connectivity index (χ1) is 5.68. The molecule has 0 atom stereocenters. The SMILES string of the molecule is CC(C)CC1(CO)CCCCC1. The van der Waals surface area contributed by atoms with Gasteiger partial charge in [-0.3, -0.25) is 0 Å². The predicted molar refractivity (Wildman–Crippen MR) is 52.1 cm³/mol. The Labute approximate surface area is 76.2 Å². The molecule has 1 rings (SSSR count). The van der Waals surface area contributed by atoms with Gasteiger partial charge in [0.05, 0.1) is 0 Å². The van der Waals surface area contributed by atoms with Crippen molar-refractivity contribution in [2.45, 2.75) is 52.4 Å². The average molecular weight is 170 g/mol. The van der Waals surface area contributed by atoms with Crippen molar-refractivity contribution in [1.82, 2.24) is 0 Å². The van der Waals surface area contributed by atoms with Crippen LogP contribution in [-0.2, 0) is 0 Å². The minimum atomic E-state index is 0.298. The Bertz CT molecular complexity index is 123. The summed E-state index contributed by atoms with van der Waals surface area (Å²) in [6.45, 7) is 4.92. The van der Waals surface area contributed by atoms with Gasteiger partial charge in [0.25, 0.3) is 0 Å². The third kappa shape index (κ3) is 2.48. The zero-order chi connectivity index (χ0) is 9.03. The monoisotopic (exact) mass is 170 g/mol. The first-order valence-corrected chi connectivity index (χ1v) is 5.29. The highest BCUT2D eigenvalue weighted by Gasteiger charge is 2.31. The average Bonchev–Trinajstić information content (AvgIpc) is 2.05. The lowest BCUT2D eigenvalue weighted by Crippen LogP contribution is -2.29. The molecule has 12 heavy (non-hydrogen) atoms. The molecule has 1 fully saturated rings. The van der Waals surface area contributed by atoms with Gasteiger partial charge in [0.15, 0.2) is 0 Å². The number of rotatable bonds is 3. The van der Waals surface area contributed by atoms with E-state index in [1.807, 2.05) is 0 Å². The lowest BCUT2D eigenvalue weighted by Gasteiger charge is -2.37. The highest BCUT2D eigenvalue weighted by Crippen LogP contribution is 2.40. The Morgan fingerprint density at radius 1 is 1.17 bits per heavy atom. The fraction of sp³-hybridized carbons (Fsp3) is 1.00. The van der Waals surface area contributed by atoms with Crippen molar-refractivity contribution >= 4 is 0 Å². The molecule has 0 bridgehead atoms. The molecule has 1 nitrogen and oxygen atoms in total. The second kappa shape index (κ2) is 4.27. The number of aliphatic hydroxyl groups excluding tert-OH is 1. The van der Waals surface area contributed by atoms with Crippen LogP contribution < -0.4 is 0 Å². The second-order valence-electron chi connectivity index (χ2n) is 4.82. The highest BCUT2D eigenvalue weighted by molar-refractivity contribution is 4.82. The molecule has 72 valence electrons. The molecular formula is C11H22O. The van der Waals surface area contributed by atoms with Crippen molar-refractivity contribution in [3.05, 3.63) is 0 Å². The Kier molecular flexibility index (Phi) is 3.57. The van der Waals surface area contributed by atoms with Crippen LogP contribution >= 0.6 is 0 Å². The summed E-state index contributed by atoms with van der Waals surface area (Å²) >= 11 is 0. The van der Waals surface area contributed by atoms with E-state index in [1.165, 1.54) is 38.5 Å². The standard InChI is InChI=1S/C11H22O/c1-10(2)8-11(9-12)6-4-3-5-7-11/h10,12H,3-9H2,1-2H3. The normalized spacial score (nSPS) is 23.0. The molecule has 0 aromatic heterocycles. The van der Waals surface area contributed by atoms with E-state index in [0.29, 0.717) is 12.0 Å². The van der Waals surface area contributed by atoms with Crippen LogP contribution in [-0.4, -0.2) is 11.7 Å². The van der Waals surface area contributed by atoms with E-state index < -0.39 is 0 Å². The van der Waals surface area contributed by atoms with Crippen LogP contribution in [0.5, 0.6) is 0 Å². The van der Waals surface area contributed by atoms with E-state index in [9.17, 15) is 5.11 Å². The van der Waals surface area contributed by atoms with Crippen LogP contribution in [0.1, 0.15) is 52.4 Å². The molecule has 0 aromatic carbocycles. The summed E-state index contributed by atoms with van der Waals surface area (Å²) in [7, 11) is 0. The molecule has 1 heteroatoms. The number of aliphatic hydroxyl groups is 1. The third-order valence-electron chi connectivity index (χ3n) is 3.09. The van der Waals surface area contributed by atoms with E-state index in [1.54, 1.807) is 0 Å². The highest BCUT2D eigenvalue weighted by atomic mass is 16.3. The fourth-order valence-corrected chi connectivity index (χ4v) is 2.59. The van der Waals surface area contributed by atoms with Gasteiger partial charge in [-0.05, 0) is 30.6 Å². The van der Waals surface area contributed by atoms with Crippen molar-refractivity contribution in [2.24, 2.45) is 11.3 Å². The van der Waals surface area contributed by atoms with Crippen LogP contribution in [0.4, 0.5) is 0 Å². The minimum Gasteiger partial charge on any atom is -0.396 e. The Morgan fingerprint density at radius 2 is 1.75 bits per heavy atom. The predicted octanol–water partition coefficient (Wildman–Crippen LogP) is 2.98. The summed E-state index contributed by atoms with van der Waals surface area (Å²) in [5.74, 6) is 0.732. The van der Waals surface area contributed by atoms with E-state index in [4.69, 9.17) is 0 Å². The zero-order valence-corrected chi connectivity index (χ0v) is 8.47. The Balaban J connectivity index is 2.48. The molecule has 0 aromatic rings. The summed E-state index contributed by atoms with van der Waals surface area (Å²) in [6, 6.07) is 0. The summed E-state index contributed by atoms with van der Waals surface area (Å²) in [4.78, 5) is 0. The maximum absolute atomic E-state index is 9.39. The molecule has 0 saturated heterocycles. The quantitative estimate of drug-likeness (QED) is 0.690. The van der Waals surface area contributed by atoms with Crippen LogP contribution in [0, 0.1) is 11.3 Å². The maximum Gasteiger partial charge on any atom is 0.0487 e. The topological polar surface area (TPSA) is 20.2 Å². The van der Waals surface area contributed by atoms with E-state index in [2.05, 4.69) is 13.8 Å². The van der Waals surface area contributed by atoms with E-state index in [0.717, 1.165) is 5.92 Å². The molecule has 0 aliphatic heterocycles.